The summed E-state index contributed by atoms with van der Waals surface area (Å²) in [4.78, 5) is 24.6. The molecule has 9 atom stereocenters. The van der Waals surface area contributed by atoms with Gasteiger partial charge in [0.25, 0.3) is 0 Å². The van der Waals surface area contributed by atoms with E-state index in [-0.39, 0.29) is 29.4 Å². The number of esters is 1. The molecule has 5 fully saturated rings. The third kappa shape index (κ3) is 2.87. The molecule has 174 valence electrons. The lowest BCUT2D eigenvalue weighted by Crippen LogP contribution is -2.60. The fourth-order valence-corrected chi connectivity index (χ4v) is 9.31. The molecule has 0 bridgehead atoms. The van der Waals surface area contributed by atoms with Crippen LogP contribution in [0.25, 0.3) is 0 Å². The van der Waals surface area contributed by atoms with Crippen LogP contribution >= 0.6 is 0 Å². The molecule has 5 rings (SSSR count). The highest BCUT2D eigenvalue weighted by Gasteiger charge is 2.75. The first-order chi connectivity index (χ1) is 14.4. The van der Waals surface area contributed by atoms with Crippen molar-refractivity contribution in [2.75, 3.05) is 0 Å². The minimum Gasteiger partial charge on any atom is -0.463 e. The number of carbonyl (C=O) groups excluding carboxylic acids is 2. The van der Waals surface area contributed by atoms with Gasteiger partial charge in [-0.3, -0.25) is 9.59 Å². The molecule has 5 aliphatic rings. The van der Waals surface area contributed by atoms with Gasteiger partial charge in [0.15, 0.2) is 17.2 Å². The quantitative estimate of drug-likeness (QED) is 0.572. The van der Waals surface area contributed by atoms with Crippen molar-refractivity contribution in [3.8, 4) is 0 Å². The minimum atomic E-state index is -0.795. The second kappa shape index (κ2) is 6.79. The summed E-state index contributed by atoms with van der Waals surface area (Å²) in [6.07, 6.45) is 8.66. The molecule has 0 aromatic heterocycles. The Kier molecular flexibility index (Phi) is 4.79. The van der Waals surface area contributed by atoms with Crippen molar-refractivity contribution < 1.29 is 23.8 Å². The molecule has 1 saturated heterocycles. The molecule has 0 radical (unpaired) electrons. The van der Waals surface area contributed by atoms with Crippen molar-refractivity contribution in [1.82, 2.24) is 0 Å². The first-order valence-electron chi connectivity index (χ1n) is 12.5. The summed E-state index contributed by atoms with van der Waals surface area (Å²) in [5.41, 5.74) is -0.642. The van der Waals surface area contributed by atoms with Gasteiger partial charge in [0.2, 0.25) is 0 Å². The molecule has 0 aromatic rings. The van der Waals surface area contributed by atoms with E-state index in [4.69, 9.17) is 14.2 Å². The van der Waals surface area contributed by atoms with Crippen LogP contribution in [0.1, 0.15) is 92.9 Å². The fraction of sp³-hybridized carbons (Fsp3) is 0.923. The molecular weight excluding hydrogens is 392 g/mol. The van der Waals surface area contributed by atoms with E-state index in [0.717, 1.165) is 38.5 Å². The summed E-state index contributed by atoms with van der Waals surface area (Å²) in [6.45, 7) is 12.0. The Hall–Kier alpha value is -0.940. The predicted molar refractivity (Wildman–Crippen MR) is 116 cm³/mol. The van der Waals surface area contributed by atoms with Gasteiger partial charge in [0, 0.05) is 12.3 Å². The molecule has 0 amide bonds. The third-order valence-electron chi connectivity index (χ3n) is 10.5. The van der Waals surface area contributed by atoms with E-state index in [1.54, 1.807) is 6.92 Å². The maximum absolute atomic E-state index is 13.1. The van der Waals surface area contributed by atoms with Gasteiger partial charge >= 0.3 is 5.97 Å². The molecule has 0 unspecified atom stereocenters. The monoisotopic (exact) mass is 432 g/mol. The smallest absolute Gasteiger partial charge is 0.302 e. The average Bonchev–Trinajstić information content (AvgIpc) is 3.08. The van der Waals surface area contributed by atoms with Crippen LogP contribution in [-0.4, -0.2) is 35.3 Å². The molecule has 4 saturated carbocycles. The Balaban J connectivity index is 1.43. The van der Waals surface area contributed by atoms with Gasteiger partial charge in [0.05, 0.1) is 6.10 Å². The second-order valence-corrected chi connectivity index (χ2v) is 12.3. The summed E-state index contributed by atoms with van der Waals surface area (Å²) >= 11 is 0. The van der Waals surface area contributed by atoms with Gasteiger partial charge in [-0.05, 0) is 101 Å². The van der Waals surface area contributed by atoms with Crippen LogP contribution in [0.2, 0.25) is 0 Å². The van der Waals surface area contributed by atoms with Crippen molar-refractivity contribution in [1.29, 1.82) is 0 Å². The number of Topliss-reactive ketones (excluding diaryl/α,β-unsaturated/α-hetero) is 1. The van der Waals surface area contributed by atoms with Crippen molar-refractivity contribution in [2.24, 2.45) is 34.5 Å². The highest BCUT2D eigenvalue weighted by atomic mass is 16.8. The number of ether oxygens (including phenoxy) is 3. The van der Waals surface area contributed by atoms with Gasteiger partial charge in [0.1, 0.15) is 6.10 Å². The van der Waals surface area contributed by atoms with E-state index in [0.29, 0.717) is 29.1 Å². The van der Waals surface area contributed by atoms with Crippen LogP contribution in [0.5, 0.6) is 0 Å². The van der Waals surface area contributed by atoms with E-state index >= 15 is 0 Å². The van der Waals surface area contributed by atoms with Crippen LogP contribution in [0.15, 0.2) is 0 Å². The largest absolute Gasteiger partial charge is 0.463 e. The number of fused-ring (bicyclic) bond motifs is 7. The molecule has 4 aliphatic carbocycles. The molecule has 5 heteroatoms. The van der Waals surface area contributed by atoms with E-state index in [1.807, 2.05) is 13.8 Å². The minimum absolute atomic E-state index is 0.0943. The fourth-order valence-electron chi connectivity index (χ4n) is 9.31. The van der Waals surface area contributed by atoms with Crippen molar-refractivity contribution >= 4 is 11.8 Å². The van der Waals surface area contributed by atoms with E-state index < -0.39 is 11.4 Å². The summed E-state index contributed by atoms with van der Waals surface area (Å²) in [5, 5.41) is 0. The molecule has 31 heavy (non-hydrogen) atoms. The lowest BCUT2D eigenvalue weighted by molar-refractivity contribution is -0.219. The van der Waals surface area contributed by atoms with Gasteiger partial charge in [-0.2, -0.15) is 0 Å². The maximum atomic E-state index is 13.1. The standard InChI is InChI=1S/C26H40O5/c1-15(27)26-22(30-23(3,4)31-26)14-21-19-8-7-17-13-18(29-16(2)28)9-11-24(17,5)20(19)10-12-25(21,26)6/h17-22H,7-14H2,1-6H3/t17-,18-,19+,20-,21-,22+,24-,25-,26+/m0/s1. The Morgan fingerprint density at radius 3 is 2.32 bits per heavy atom. The van der Waals surface area contributed by atoms with E-state index in [9.17, 15) is 9.59 Å². The molecule has 1 heterocycles. The van der Waals surface area contributed by atoms with Gasteiger partial charge in [-0.15, -0.1) is 0 Å². The molecule has 1 aliphatic heterocycles. The summed E-state index contributed by atoms with van der Waals surface area (Å²) in [6, 6.07) is 0. The SMILES string of the molecule is CC(=O)O[C@H]1CC[C@@]2(C)[C@@H](CC[C@@H]3[C@@H]2CC[C@@]2(C)[C@H]3C[C@H]3OC(C)(C)O[C@]32C(C)=O)C1. The third-order valence-corrected chi connectivity index (χ3v) is 10.5. The molecule has 0 spiro atoms. The first kappa shape index (κ1) is 21.9. The Morgan fingerprint density at radius 1 is 0.903 bits per heavy atom. The Morgan fingerprint density at radius 2 is 1.65 bits per heavy atom. The van der Waals surface area contributed by atoms with Crippen LogP contribution < -0.4 is 0 Å². The van der Waals surface area contributed by atoms with Crippen LogP contribution in [-0.2, 0) is 23.8 Å². The van der Waals surface area contributed by atoms with Crippen molar-refractivity contribution in [2.45, 2.75) is 117 Å². The average molecular weight is 433 g/mol. The number of hydrogen-bond acceptors (Lipinski definition) is 5. The number of rotatable bonds is 2. The number of carbonyl (C=O) groups is 2. The van der Waals surface area contributed by atoms with Crippen LogP contribution in [0, 0.1) is 34.5 Å². The first-order valence-corrected chi connectivity index (χ1v) is 12.5. The summed E-state index contributed by atoms with van der Waals surface area (Å²) < 4.78 is 18.5. The topological polar surface area (TPSA) is 61.8 Å². The lowest BCUT2D eigenvalue weighted by Gasteiger charge is -2.61. The Bertz CT molecular complexity index is 791. The van der Waals surface area contributed by atoms with E-state index in [1.165, 1.54) is 19.8 Å². The lowest BCUT2D eigenvalue weighted by atomic mass is 9.44. The van der Waals surface area contributed by atoms with Crippen LogP contribution in [0.3, 0.4) is 0 Å². The maximum Gasteiger partial charge on any atom is 0.302 e. The summed E-state index contributed by atoms with van der Waals surface area (Å²) in [5.74, 6) is 1.71. The normalized spacial score (nSPS) is 52.5. The van der Waals surface area contributed by atoms with Gasteiger partial charge in [-0.25, -0.2) is 0 Å². The molecular formula is C26H40O5. The van der Waals surface area contributed by atoms with E-state index in [2.05, 4.69) is 13.8 Å². The molecule has 0 aromatic carbocycles. The zero-order valence-electron chi connectivity index (χ0n) is 20.2. The highest BCUT2D eigenvalue weighted by molar-refractivity contribution is 5.88. The summed E-state index contributed by atoms with van der Waals surface area (Å²) in [7, 11) is 0. The number of ketones is 1. The zero-order chi connectivity index (χ0) is 22.4. The molecule has 5 nitrogen and oxygen atoms in total. The van der Waals surface area contributed by atoms with Crippen LogP contribution in [0.4, 0.5) is 0 Å². The van der Waals surface area contributed by atoms with Crippen molar-refractivity contribution in [3.05, 3.63) is 0 Å². The van der Waals surface area contributed by atoms with Crippen molar-refractivity contribution in [3.63, 3.8) is 0 Å². The Labute approximate surface area is 186 Å². The van der Waals surface area contributed by atoms with Gasteiger partial charge < -0.3 is 14.2 Å². The zero-order valence-corrected chi connectivity index (χ0v) is 20.2. The van der Waals surface area contributed by atoms with Gasteiger partial charge in [-0.1, -0.05) is 13.8 Å². The predicted octanol–water partition coefficient (Wildman–Crippen LogP) is 5.05. The second-order valence-electron chi connectivity index (χ2n) is 12.3. The molecule has 0 N–H and O–H groups in total. The highest BCUT2D eigenvalue weighted by Crippen LogP contribution is 2.71. The number of hydrogen-bond donors (Lipinski definition) is 0.